The van der Waals surface area contributed by atoms with E-state index in [9.17, 15) is 8.42 Å². The normalized spacial score (nSPS) is 21.3. The number of rotatable bonds is 3. The second kappa shape index (κ2) is 6.80. The third-order valence-corrected chi connectivity index (χ3v) is 6.96. The molecule has 1 aromatic heterocycles. The van der Waals surface area contributed by atoms with Crippen LogP contribution in [0.3, 0.4) is 0 Å². The third kappa shape index (κ3) is 3.12. The minimum Gasteiger partial charge on any atom is -0.298 e. The molecule has 134 valence electrons. The molecule has 1 atom stereocenters. The summed E-state index contributed by atoms with van der Waals surface area (Å²) < 4.78 is 27.7. The Bertz CT molecular complexity index is 950. The van der Waals surface area contributed by atoms with Gasteiger partial charge < -0.3 is 0 Å². The molecular weight excluding hydrogens is 348 g/mol. The quantitative estimate of drug-likeness (QED) is 0.829. The number of benzene rings is 1. The Morgan fingerprint density at radius 3 is 2.65 bits per heavy atom. The number of hydrogen-bond donors (Lipinski definition) is 0. The standard InChI is InChI=1S/C19H20N4O2S/c20-13-15-6-8-16(9-7-15)18-4-1-5-19(21-18)26(24,25)23-12-11-22-10-2-3-17(22)14-23/h1,4-9,17H,2-3,10-12,14H2/t17-/m0/s1. The topological polar surface area (TPSA) is 77.3 Å². The summed E-state index contributed by atoms with van der Waals surface area (Å²) in [5, 5.41) is 8.99. The molecule has 0 saturated carbocycles. The number of aromatic nitrogens is 1. The highest BCUT2D eigenvalue weighted by atomic mass is 32.2. The molecule has 1 aromatic carbocycles. The van der Waals surface area contributed by atoms with Gasteiger partial charge in [-0.05, 0) is 43.7 Å². The first-order valence-electron chi connectivity index (χ1n) is 8.80. The lowest BCUT2D eigenvalue weighted by atomic mass is 10.1. The second-order valence-electron chi connectivity index (χ2n) is 6.75. The smallest absolute Gasteiger partial charge is 0.260 e. The van der Waals surface area contributed by atoms with Gasteiger partial charge in [0, 0.05) is 31.2 Å². The van der Waals surface area contributed by atoms with Crippen molar-refractivity contribution in [3.8, 4) is 17.3 Å². The largest absolute Gasteiger partial charge is 0.298 e. The van der Waals surface area contributed by atoms with Crippen molar-refractivity contribution >= 4 is 10.0 Å². The maximum absolute atomic E-state index is 13.1. The molecule has 0 unspecified atom stereocenters. The van der Waals surface area contributed by atoms with E-state index in [0.717, 1.165) is 31.5 Å². The average Bonchev–Trinajstić information content (AvgIpc) is 3.16. The van der Waals surface area contributed by atoms with Gasteiger partial charge in [0.15, 0.2) is 5.03 Å². The molecule has 0 radical (unpaired) electrons. The molecule has 26 heavy (non-hydrogen) atoms. The fourth-order valence-corrected chi connectivity index (χ4v) is 5.17. The van der Waals surface area contributed by atoms with Crippen molar-refractivity contribution in [1.82, 2.24) is 14.2 Å². The van der Waals surface area contributed by atoms with E-state index in [1.54, 1.807) is 46.8 Å². The maximum Gasteiger partial charge on any atom is 0.260 e. The van der Waals surface area contributed by atoms with E-state index in [1.165, 1.54) is 0 Å². The Balaban J connectivity index is 1.61. The van der Waals surface area contributed by atoms with Crippen molar-refractivity contribution in [3.63, 3.8) is 0 Å². The second-order valence-corrected chi connectivity index (χ2v) is 8.63. The van der Waals surface area contributed by atoms with Gasteiger partial charge in [-0.1, -0.05) is 18.2 Å². The van der Waals surface area contributed by atoms with E-state index in [-0.39, 0.29) is 5.03 Å². The Morgan fingerprint density at radius 1 is 1.08 bits per heavy atom. The first-order valence-corrected chi connectivity index (χ1v) is 10.2. The predicted octanol–water partition coefficient (Wildman–Crippen LogP) is 2.09. The van der Waals surface area contributed by atoms with Gasteiger partial charge in [-0.25, -0.2) is 13.4 Å². The summed E-state index contributed by atoms with van der Waals surface area (Å²) in [5.41, 5.74) is 1.95. The molecule has 3 heterocycles. The Kier molecular flexibility index (Phi) is 4.49. The summed E-state index contributed by atoms with van der Waals surface area (Å²) >= 11 is 0. The van der Waals surface area contributed by atoms with Gasteiger partial charge in [-0.3, -0.25) is 4.90 Å². The zero-order valence-corrected chi connectivity index (χ0v) is 15.2. The molecule has 7 heteroatoms. The highest BCUT2D eigenvalue weighted by molar-refractivity contribution is 7.89. The van der Waals surface area contributed by atoms with Crippen LogP contribution in [0.2, 0.25) is 0 Å². The fraction of sp³-hybridized carbons (Fsp3) is 0.368. The highest BCUT2D eigenvalue weighted by Gasteiger charge is 2.36. The molecule has 0 amide bonds. The number of sulfonamides is 1. The molecule has 6 nitrogen and oxygen atoms in total. The summed E-state index contributed by atoms with van der Waals surface area (Å²) in [4.78, 5) is 6.79. The Hall–Kier alpha value is -2.27. The van der Waals surface area contributed by atoms with Gasteiger partial charge in [-0.15, -0.1) is 0 Å². The average molecular weight is 368 g/mol. The zero-order chi connectivity index (χ0) is 18.1. The highest BCUT2D eigenvalue weighted by Crippen LogP contribution is 2.26. The first-order chi connectivity index (χ1) is 12.6. The molecule has 0 bridgehead atoms. The maximum atomic E-state index is 13.1. The molecule has 0 spiro atoms. The van der Waals surface area contributed by atoms with E-state index in [0.29, 0.717) is 30.4 Å². The van der Waals surface area contributed by atoms with E-state index < -0.39 is 10.0 Å². The van der Waals surface area contributed by atoms with Gasteiger partial charge >= 0.3 is 0 Å². The summed E-state index contributed by atoms with van der Waals surface area (Å²) in [5.74, 6) is 0. The number of pyridine rings is 1. The lowest BCUT2D eigenvalue weighted by Gasteiger charge is -2.36. The predicted molar refractivity (Wildman–Crippen MR) is 97.7 cm³/mol. The van der Waals surface area contributed by atoms with Crippen LogP contribution >= 0.6 is 0 Å². The van der Waals surface area contributed by atoms with E-state index in [2.05, 4.69) is 16.0 Å². The van der Waals surface area contributed by atoms with E-state index >= 15 is 0 Å². The van der Waals surface area contributed by atoms with Crippen LogP contribution in [0.1, 0.15) is 18.4 Å². The van der Waals surface area contributed by atoms with Gasteiger partial charge in [0.05, 0.1) is 17.3 Å². The van der Waals surface area contributed by atoms with Gasteiger partial charge in [0.1, 0.15) is 0 Å². The molecule has 2 fully saturated rings. The minimum absolute atomic E-state index is 0.0887. The molecule has 4 rings (SSSR count). The van der Waals surface area contributed by atoms with Crippen molar-refractivity contribution in [2.24, 2.45) is 0 Å². The zero-order valence-electron chi connectivity index (χ0n) is 14.4. The van der Waals surface area contributed by atoms with Gasteiger partial charge in [0.2, 0.25) is 0 Å². The van der Waals surface area contributed by atoms with Crippen LogP contribution in [0.15, 0.2) is 47.5 Å². The van der Waals surface area contributed by atoms with Crippen molar-refractivity contribution in [2.75, 3.05) is 26.2 Å². The van der Waals surface area contributed by atoms with Crippen LogP contribution in [0.25, 0.3) is 11.3 Å². The Labute approximate surface area is 153 Å². The number of nitrogens with zero attached hydrogens (tertiary/aromatic N) is 4. The van der Waals surface area contributed by atoms with Crippen LogP contribution < -0.4 is 0 Å². The minimum atomic E-state index is -3.60. The summed E-state index contributed by atoms with van der Waals surface area (Å²) in [6.07, 6.45) is 2.20. The number of nitriles is 1. The lowest BCUT2D eigenvalue weighted by Crippen LogP contribution is -2.52. The van der Waals surface area contributed by atoms with Gasteiger partial charge in [0.25, 0.3) is 10.0 Å². The van der Waals surface area contributed by atoms with E-state index in [1.807, 2.05) is 0 Å². The van der Waals surface area contributed by atoms with Crippen LogP contribution in [0, 0.1) is 11.3 Å². The lowest BCUT2D eigenvalue weighted by molar-refractivity contribution is 0.158. The molecular formula is C19H20N4O2S. The van der Waals surface area contributed by atoms with E-state index in [4.69, 9.17) is 5.26 Å². The summed E-state index contributed by atoms with van der Waals surface area (Å²) in [6.45, 7) is 2.93. The molecule has 0 aliphatic carbocycles. The molecule has 2 aliphatic heterocycles. The van der Waals surface area contributed by atoms with Crippen molar-refractivity contribution in [2.45, 2.75) is 23.9 Å². The van der Waals surface area contributed by atoms with Crippen LogP contribution in [-0.4, -0.2) is 54.8 Å². The van der Waals surface area contributed by atoms with Crippen molar-refractivity contribution in [1.29, 1.82) is 5.26 Å². The monoisotopic (exact) mass is 368 g/mol. The van der Waals surface area contributed by atoms with Crippen LogP contribution in [-0.2, 0) is 10.0 Å². The SMILES string of the molecule is N#Cc1ccc(-c2cccc(S(=O)(=O)N3CCN4CCC[C@H]4C3)n2)cc1. The third-order valence-electron chi connectivity index (χ3n) is 5.19. The van der Waals surface area contributed by atoms with Crippen molar-refractivity contribution < 1.29 is 8.42 Å². The van der Waals surface area contributed by atoms with Gasteiger partial charge in [-0.2, -0.15) is 9.57 Å². The number of fused-ring (bicyclic) bond motifs is 1. The summed E-state index contributed by atoms with van der Waals surface area (Å²) in [6, 6.07) is 14.5. The van der Waals surface area contributed by atoms with Crippen LogP contribution in [0.5, 0.6) is 0 Å². The molecule has 0 N–H and O–H groups in total. The number of piperazine rings is 1. The molecule has 2 aromatic rings. The molecule has 2 saturated heterocycles. The number of hydrogen-bond acceptors (Lipinski definition) is 5. The van der Waals surface area contributed by atoms with Crippen molar-refractivity contribution in [3.05, 3.63) is 48.0 Å². The van der Waals surface area contributed by atoms with Crippen LogP contribution in [0.4, 0.5) is 0 Å². The Morgan fingerprint density at radius 2 is 1.88 bits per heavy atom. The first kappa shape index (κ1) is 17.2. The summed E-state index contributed by atoms with van der Waals surface area (Å²) in [7, 11) is -3.60. The molecule has 2 aliphatic rings. The fourth-order valence-electron chi connectivity index (χ4n) is 3.75.